The summed E-state index contributed by atoms with van der Waals surface area (Å²) in [6.07, 6.45) is -0.00225. The molecule has 268 valence electrons. The average molecular weight is 665 g/mol. The summed E-state index contributed by atoms with van der Waals surface area (Å²) in [6, 6.07) is 10.1. The average Bonchev–Trinajstić information content (AvgIpc) is 3.06. The summed E-state index contributed by atoms with van der Waals surface area (Å²) in [7, 11) is 0. The van der Waals surface area contributed by atoms with Gasteiger partial charge in [-0.2, -0.15) is 0 Å². The predicted molar refractivity (Wildman–Crippen MR) is 167 cm³/mol. The van der Waals surface area contributed by atoms with Gasteiger partial charge in [0, 0.05) is 0 Å². The van der Waals surface area contributed by atoms with E-state index >= 15 is 0 Å². The molecule has 1 aromatic rings. The standard InChI is InChI=1S/C32H56O14/c33-32(34)6-7-35-8-9-36-10-11-37-12-13-38-14-15-39-16-17-40-18-19-41-20-21-42-22-23-43-24-25-44-26-27-45-28-29-46-30-31-4-2-1-3-5-31/h1-5H,6-30H2,(H,33,34). The minimum Gasteiger partial charge on any atom is -0.481 e. The van der Waals surface area contributed by atoms with Gasteiger partial charge in [-0.15, -0.1) is 0 Å². The van der Waals surface area contributed by atoms with Crippen molar-refractivity contribution in [2.75, 3.05) is 152 Å². The molecule has 14 heteroatoms. The number of carboxylic acid groups (broad SMARTS) is 1. The van der Waals surface area contributed by atoms with Crippen molar-refractivity contribution in [3.63, 3.8) is 0 Å². The van der Waals surface area contributed by atoms with E-state index in [1.807, 2.05) is 30.3 Å². The minimum absolute atomic E-state index is 0.00225. The van der Waals surface area contributed by atoms with Gasteiger partial charge in [0.25, 0.3) is 0 Å². The molecule has 14 nitrogen and oxygen atoms in total. The summed E-state index contributed by atoms with van der Waals surface area (Å²) in [5.41, 5.74) is 1.15. The normalized spacial score (nSPS) is 11.4. The lowest BCUT2D eigenvalue weighted by atomic mass is 10.2. The number of carboxylic acids is 1. The third kappa shape index (κ3) is 33.6. The lowest BCUT2D eigenvalue weighted by Crippen LogP contribution is -2.15. The summed E-state index contributed by atoms with van der Waals surface area (Å²) in [5.74, 6) is -0.874. The minimum atomic E-state index is -0.874. The van der Waals surface area contributed by atoms with Crippen molar-refractivity contribution in [2.45, 2.75) is 13.0 Å². The van der Waals surface area contributed by atoms with Gasteiger partial charge in [0.1, 0.15) is 0 Å². The van der Waals surface area contributed by atoms with Gasteiger partial charge >= 0.3 is 5.97 Å². The summed E-state index contributed by atoms with van der Waals surface area (Å²) < 4.78 is 65.1. The van der Waals surface area contributed by atoms with E-state index in [2.05, 4.69) is 0 Å². The Bertz CT molecular complexity index is 743. The van der Waals surface area contributed by atoms with Crippen molar-refractivity contribution in [2.24, 2.45) is 0 Å². The van der Waals surface area contributed by atoms with Gasteiger partial charge in [-0.05, 0) is 5.56 Å². The molecule has 46 heavy (non-hydrogen) atoms. The zero-order valence-electron chi connectivity index (χ0n) is 27.3. The highest BCUT2D eigenvalue weighted by Gasteiger charge is 1.98. The molecule has 0 spiro atoms. The number of carbonyl (C=O) groups is 1. The first kappa shape index (κ1) is 42.2. The van der Waals surface area contributed by atoms with E-state index in [1.165, 1.54) is 0 Å². The molecule has 0 amide bonds. The predicted octanol–water partition coefficient (Wildman–Crippen LogP) is 1.86. The molecular weight excluding hydrogens is 608 g/mol. The molecule has 0 bridgehead atoms. The molecule has 0 heterocycles. The Kier molecular flexibility index (Phi) is 33.1. The monoisotopic (exact) mass is 664 g/mol. The number of ether oxygens (including phenoxy) is 12. The first-order valence-corrected chi connectivity index (χ1v) is 16.0. The van der Waals surface area contributed by atoms with E-state index in [1.54, 1.807) is 0 Å². The van der Waals surface area contributed by atoms with E-state index in [4.69, 9.17) is 61.9 Å². The smallest absolute Gasteiger partial charge is 0.305 e. The van der Waals surface area contributed by atoms with Crippen LogP contribution in [0.1, 0.15) is 12.0 Å². The Morgan fingerprint density at radius 1 is 0.370 bits per heavy atom. The van der Waals surface area contributed by atoms with Crippen LogP contribution in [0.4, 0.5) is 0 Å². The van der Waals surface area contributed by atoms with Crippen molar-refractivity contribution in [3.8, 4) is 0 Å². The molecule has 1 rings (SSSR count). The number of aliphatic carboxylic acids is 1. The summed E-state index contributed by atoms with van der Waals surface area (Å²) in [4.78, 5) is 10.3. The van der Waals surface area contributed by atoms with Gasteiger partial charge in [-0.3, -0.25) is 4.79 Å². The molecule has 0 atom stereocenters. The molecule has 0 aliphatic carbocycles. The van der Waals surface area contributed by atoms with Crippen LogP contribution in [-0.2, 0) is 68.2 Å². The van der Waals surface area contributed by atoms with Gasteiger partial charge in [0.15, 0.2) is 0 Å². The van der Waals surface area contributed by atoms with E-state index in [-0.39, 0.29) is 13.0 Å². The molecule has 1 aromatic carbocycles. The molecule has 0 saturated carbocycles. The molecule has 0 aliphatic heterocycles. The van der Waals surface area contributed by atoms with E-state index in [0.29, 0.717) is 152 Å². The molecule has 0 aliphatic rings. The zero-order chi connectivity index (χ0) is 32.9. The van der Waals surface area contributed by atoms with Gasteiger partial charge in [0.05, 0.1) is 165 Å². The molecule has 0 unspecified atom stereocenters. The van der Waals surface area contributed by atoms with Gasteiger partial charge in [0.2, 0.25) is 0 Å². The molecule has 0 radical (unpaired) electrons. The Balaban J connectivity index is 1.61. The van der Waals surface area contributed by atoms with Crippen LogP contribution in [0.2, 0.25) is 0 Å². The lowest BCUT2D eigenvalue weighted by molar-refractivity contribution is -0.138. The SMILES string of the molecule is O=C(O)CCOCCOCCOCCOCCOCCOCCOCCOCCOCCOCCOCCOCc1ccccc1. The third-order valence-corrected chi connectivity index (χ3v) is 5.66. The number of hydrogen-bond acceptors (Lipinski definition) is 13. The fourth-order valence-electron chi connectivity index (χ4n) is 3.34. The van der Waals surface area contributed by atoms with Gasteiger partial charge in [-0.25, -0.2) is 0 Å². The third-order valence-electron chi connectivity index (χ3n) is 5.66. The van der Waals surface area contributed by atoms with Crippen LogP contribution in [0, 0.1) is 0 Å². The highest BCUT2D eigenvalue weighted by Crippen LogP contribution is 2.00. The topological polar surface area (TPSA) is 148 Å². The lowest BCUT2D eigenvalue weighted by Gasteiger charge is -2.09. The Labute approximate surface area is 273 Å². The molecule has 1 N–H and O–H groups in total. The maximum Gasteiger partial charge on any atom is 0.305 e. The van der Waals surface area contributed by atoms with Crippen LogP contribution < -0.4 is 0 Å². The Hall–Kier alpha value is -1.79. The van der Waals surface area contributed by atoms with Crippen molar-refractivity contribution < 1.29 is 66.7 Å². The second-order valence-corrected chi connectivity index (χ2v) is 9.42. The van der Waals surface area contributed by atoms with Gasteiger partial charge in [-0.1, -0.05) is 30.3 Å². The van der Waals surface area contributed by atoms with Crippen LogP contribution >= 0.6 is 0 Å². The number of rotatable bonds is 38. The van der Waals surface area contributed by atoms with E-state index < -0.39 is 5.97 Å². The quantitative estimate of drug-likeness (QED) is 0.103. The Morgan fingerprint density at radius 3 is 0.870 bits per heavy atom. The Morgan fingerprint density at radius 2 is 0.609 bits per heavy atom. The second-order valence-electron chi connectivity index (χ2n) is 9.42. The summed E-state index contributed by atoms with van der Waals surface area (Å²) in [5, 5.41) is 8.49. The fraction of sp³-hybridized carbons (Fsp3) is 0.781. The molecular formula is C32H56O14. The highest BCUT2D eigenvalue weighted by atomic mass is 16.6. The maximum atomic E-state index is 10.3. The van der Waals surface area contributed by atoms with E-state index in [0.717, 1.165) is 5.56 Å². The zero-order valence-corrected chi connectivity index (χ0v) is 27.3. The van der Waals surface area contributed by atoms with Crippen LogP contribution in [0.25, 0.3) is 0 Å². The first-order valence-electron chi connectivity index (χ1n) is 16.0. The van der Waals surface area contributed by atoms with Crippen molar-refractivity contribution >= 4 is 5.97 Å². The fourth-order valence-corrected chi connectivity index (χ4v) is 3.34. The van der Waals surface area contributed by atoms with Gasteiger partial charge < -0.3 is 61.9 Å². The first-order chi connectivity index (χ1) is 22.8. The number of hydrogen-bond donors (Lipinski definition) is 1. The van der Waals surface area contributed by atoms with Crippen LogP contribution in [0.5, 0.6) is 0 Å². The van der Waals surface area contributed by atoms with E-state index in [9.17, 15) is 4.79 Å². The summed E-state index contributed by atoms with van der Waals surface area (Å²) >= 11 is 0. The van der Waals surface area contributed by atoms with Crippen LogP contribution in [-0.4, -0.2) is 163 Å². The number of benzene rings is 1. The van der Waals surface area contributed by atoms with Crippen molar-refractivity contribution in [1.82, 2.24) is 0 Å². The molecule has 0 aromatic heterocycles. The summed E-state index contributed by atoms with van der Waals surface area (Å²) in [6.45, 7) is 11.6. The van der Waals surface area contributed by atoms with Crippen LogP contribution in [0.15, 0.2) is 30.3 Å². The molecule has 0 fully saturated rings. The van der Waals surface area contributed by atoms with Crippen molar-refractivity contribution in [3.05, 3.63) is 35.9 Å². The second kappa shape index (κ2) is 36.1. The maximum absolute atomic E-state index is 10.3. The molecule has 0 saturated heterocycles. The highest BCUT2D eigenvalue weighted by molar-refractivity contribution is 5.66. The van der Waals surface area contributed by atoms with Crippen molar-refractivity contribution in [1.29, 1.82) is 0 Å². The van der Waals surface area contributed by atoms with Crippen LogP contribution in [0.3, 0.4) is 0 Å². The largest absolute Gasteiger partial charge is 0.481 e.